The number of hydrogen-bond donors (Lipinski definition) is 1. The summed E-state index contributed by atoms with van der Waals surface area (Å²) in [5.74, 6) is -1.63. The summed E-state index contributed by atoms with van der Waals surface area (Å²) >= 11 is 1.25. The van der Waals surface area contributed by atoms with E-state index in [2.05, 4.69) is 25.1 Å². The Bertz CT molecular complexity index is 1020. The second-order valence-corrected chi connectivity index (χ2v) is 8.43. The van der Waals surface area contributed by atoms with E-state index in [0.29, 0.717) is 10.4 Å². The molecule has 3 heterocycles. The number of carbonyl (C=O) groups is 1. The van der Waals surface area contributed by atoms with Gasteiger partial charge in [-0.2, -0.15) is 23.3 Å². The van der Waals surface area contributed by atoms with Gasteiger partial charge in [0, 0.05) is 17.1 Å². The fraction of sp³-hybridized carbons (Fsp3) is 0.474. The van der Waals surface area contributed by atoms with Crippen LogP contribution in [0.5, 0.6) is 0 Å². The van der Waals surface area contributed by atoms with Gasteiger partial charge < -0.3 is 9.84 Å². The van der Waals surface area contributed by atoms with Crippen LogP contribution < -0.4 is 5.32 Å². The minimum absolute atomic E-state index is 0.112. The zero-order valence-electron chi connectivity index (χ0n) is 16.1. The first-order valence-corrected chi connectivity index (χ1v) is 10.5. The quantitative estimate of drug-likeness (QED) is 0.624. The maximum atomic E-state index is 12.7. The minimum atomic E-state index is -4.68. The van der Waals surface area contributed by atoms with Crippen LogP contribution in [0.4, 0.5) is 13.2 Å². The van der Waals surface area contributed by atoms with E-state index in [1.807, 2.05) is 6.92 Å². The molecule has 1 atom stereocenters. The third-order valence-electron chi connectivity index (χ3n) is 5.13. The van der Waals surface area contributed by atoms with E-state index in [0.717, 1.165) is 30.6 Å². The van der Waals surface area contributed by atoms with Crippen molar-refractivity contribution < 1.29 is 22.5 Å². The number of halogens is 3. The summed E-state index contributed by atoms with van der Waals surface area (Å²) in [7, 11) is 0. The SMILES string of the molecule is CC(c1ccc(-c2noc(C(F)(F)F)n2)s1)n1cc(C(=O)NC2CCCCC2)cn1. The molecule has 0 aliphatic heterocycles. The van der Waals surface area contributed by atoms with Crippen LogP contribution in [0.25, 0.3) is 10.7 Å². The van der Waals surface area contributed by atoms with Crippen LogP contribution in [-0.2, 0) is 6.18 Å². The van der Waals surface area contributed by atoms with Crippen molar-refractivity contribution in [1.82, 2.24) is 25.2 Å². The van der Waals surface area contributed by atoms with Crippen molar-refractivity contribution in [2.45, 2.75) is 57.3 Å². The van der Waals surface area contributed by atoms with E-state index < -0.39 is 12.1 Å². The second-order valence-electron chi connectivity index (χ2n) is 7.32. The van der Waals surface area contributed by atoms with Crippen molar-refractivity contribution in [3.05, 3.63) is 40.9 Å². The highest BCUT2D eigenvalue weighted by molar-refractivity contribution is 7.15. The topological polar surface area (TPSA) is 85.8 Å². The Morgan fingerprint density at radius 1 is 1.30 bits per heavy atom. The average molecular weight is 439 g/mol. The minimum Gasteiger partial charge on any atom is -0.349 e. The Balaban J connectivity index is 1.44. The summed E-state index contributed by atoms with van der Waals surface area (Å²) in [4.78, 5) is 17.2. The molecular weight excluding hydrogens is 419 g/mol. The Morgan fingerprint density at radius 2 is 2.07 bits per heavy atom. The first kappa shape index (κ1) is 20.6. The molecule has 0 bridgehead atoms. The molecule has 11 heteroatoms. The number of aromatic nitrogens is 4. The second kappa shape index (κ2) is 8.21. The van der Waals surface area contributed by atoms with Crippen molar-refractivity contribution in [3.8, 4) is 10.7 Å². The van der Waals surface area contributed by atoms with Crippen molar-refractivity contribution in [2.24, 2.45) is 0 Å². The van der Waals surface area contributed by atoms with Crippen molar-refractivity contribution in [3.63, 3.8) is 0 Å². The Kier molecular flexibility index (Phi) is 5.63. The smallest absolute Gasteiger partial charge is 0.349 e. The average Bonchev–Trinajstić information content (AvgIpc) is 3.47. The molecule has 30 heavy (non-hydrogen) atoms. The standard InChI is InChI=1S/C19H20F3N5O2S/c1-11(14-7-8-15(30-14)16-25-18(29-26-16)19(20,21)22)27-10-12(9-23-27)17(28)24-13-5-3-2-4-6-13/h7-11,13H,2-6H2,1H3,(H,24,28). The molecule has 3 aromatic rings. The van der Waals surface area contributed by atoms with Crippen LogP contribution in [0.3, 0.4) is 0 Å². The van der Waals surface area contributed by atoms with Crippen LogP contribution in [0.1, 0.15) is 66.2 Å². The highest BCUT2D eigenvalue weighted by atomic mass is 32.1. The molecule has 3 aromatic heterocycles. The zero-order valence-corrected chi connectivity index (χ0v) is 17.0. The molecule has 0 radical (unpaired) electrons. The number of nitrogens with one attached hydrogen (secondary N) is 1. The lowest BCUT2D eigenvalue weighted by Gasteiger charge is -2.22. The van der Waals surface area contributed by atoms with Crippen molar-refractivity contribution in [2.75, 3.05) is 0 Å². The van der Waals surface area contributed by atoms with Gasteiger partial charge in [0.25, 0.3) is 5.91 Å². The van der Waals surface area contributed by atoms with E-state index in [4.69, 9.17) is 0 Å². The largest absolute Gasteiger partial charge is 0.471 e. The fourth-order valence-electron chi connectivity index (χ4n) is 3.45. The first-order valence-electron chi connectivity index (χ1n) is 9.67. The van der Waals surface area contributed by atoms with E-state index in [9.17, 15) is 18.0 Å². The number of amides is 1. The highest BCUT2D eigenvalue weighted by Gasteiger charge is 2.38. The lowest BCUT2D eigenvalue weighted by atomic mass is 9.95. The maximum Gasteiger partial charge on any atom is 0.471 e. The number of alkyl halides is 3. The van der Waals surface area contributed by atoms with Gasteiger partial charge in [-0.05, 0) is 31.9 Å². The molecular formula is C19H20F3N5O2S. The summed E-state index contributed by atoms with van der Waals surface area (Å²) in [5.41, 5.74) is 0.484. The van der Waals surface area contributed by atoms with Gasteiger partial charge >= 0.3 is 12.1 Å². The van der Waals surface area contributed by atoms with Crippen LogP contribution in [-0.4, -0.2) is 31.9 Å². The Labute approximate surface area is 174 Å². The lowest BCUT2D eigenvalue weighted by Crippen LogP contribution is -2.36. The Hall–Kier alpha value is -2.69. The van der Waals surface area contributed by atoms with Crippen LogP contribution >= 0.6 is 11.3 Å². The first-order chi connectivity index (χ1) is 14.3. The third-order valence-corrected chi connectivity index (χ3v) is 6.38. The van der Waals surface area contributed by atoms with E-state index in [-0.39, 0.29) is 23.8 Å². The summed E-state index contributed by atoms with van der Waals surface area (Å²) in [6.45, 7) is 1.89. The number of nitrogens with zero attached hydrogens (tertiary/aromatic N) is 4. The Morgan fingerprint density at radius 3 is 2.77 bits per heavy atom. The van der Waals surface area contributed by atoms with Gasteiger partial charge in [-0.15, -0.1) is 11.3 Å². The zero-order chi connectivity index (χ0) is 21.3. The predicted octanol–water partition coefficient (Wildman–Crippen LogP) is 4.69. The molecule has 1 saturated carbocycles. The van der Waals surface area contributed by atoms with Crippen LogP contribution in [0, 0.1) is 0 Å². The summed E-state index contributed by atoms with van der Waals surface area (Å²) in [5, 5.41) is 10.8. The number of hydrogen-bond acceptors (Lipinski definition) is 6. The highest BCUT2D eigenvalue weighted by Crippen LogP contribution is 2.34. The third kappa shape index (κ3) is 4.40. The molecule has 1 N–H and O–H groups in total. The van der Waals surface area contributed by atoms with Crippen molar-refractivity contribution >= 4 is 17.2 Å². The molecule has 1 aliphatic rings. The van der Waals surface area contributed by atoms with E-state index in [1.165, 1.54) is 24.0 Å². The molecule has 0 spiro atoms. The molecule has 1 fully saturated rings. The van der Waals surface area contributed by atoms with Gasteiger partial charge in [0.2, 0.25) is 5.82 Å². The van der Waals surface area contributed by atoms with Crippen molar-refractivity contribution in [1.29, 1.82) is 0 Å². The van der Waals surface area contributed by atoms with Gasteiger partial charge in [-0.3, -0.25) is 9.48 Å². The van der Waals surface area contributed by atoms with Gasteiger partial charge in [0.15, 0.2) is 0 Å². The lowest BCUT2D eigenvalue weighted by molar-refractivity contribution is -0.159. The molecule has 1 amide bonds. The maximum absolute atomic E-state index is 12.7. The number of thiophene rings is 1. The van der Waals surface area contributed by atoms with Gasteiger partial charge in [0.05, 0.1) is 22.7 Å². The van der Waals surface area contributed by atoms with E-state index in [1.54, 1.807) is 23.0 Å². The summed E-state index contributed by atoms with van der Waals surface area (Å²) < 4.78 is 43.9. The monoisotopic (exact) mass is 439 g/mol. The molecule has 4 rings (SSSR count). The molecule has 1 unspecified atom stereocenters. The molecule has 7 nitrogen and oxygen atoms in total. The van der Waals surface area contributed by atoms with Gasteiger partial charge in [0.1, 0.15) is 0 Å². The normalized spacial score (nSPS) is 16.5. The predicted molar refractivity (Wildman–Crippen MR) is 103 cm³/mol. The summed E-state index contributed by atoms with van der Waals surface area (Å²) in [6.07, 6.45) is 4.00. The number of rotatable bonds is 5. The molecule has 1 aliphatic carbocycles. The van der Waals surface area contributed by atoms with E-state index >= 15 is 0 Å². The van der Waals surface area contributed by atoms with Gasteiger partial charge in [-0.1, -0.05) is 24.4 Å². The van der Waals surface area contributed by atoms with Crippen LogP contribution in [0.15, 0.2) is 29.0 Å². The fourth-order valence-corrected chi connectivity index (χ4v) is 4.43. The molecule has 0 saturated heterocycles. The molecule has 0 aromatic carbocycles. The molecule has 160 valence electrons. The summed E-state index contributed by atoms with van der Waals surface area (Å²) in [6, 6.07) is 3.41. The van der Waals surface area contributed by atoms with Crippen LogP contribution in [0.2, 0.25) is 0 Å². The van der Waals surface area contributed by atoms with Gasteiger partial charge in [-0.25, -0.2) is 0 Å². The number of carbonyl (C=O) groups excluding carboxylic acids is 1.